The second-order valence-corrected chi connectivity index (χ2v) is 8.96. The molecular formula is C25H44O2Si. The molecule has 1 aromatic rings. The Hall–Kier alpha value is -1.09. The van der Waals surface area contributed by atoms with Gasteiger partial charge in [-0.2, -0.15) is 0 Å². The molecule has 0 aromatic heterocycles. The van der Waals surface area contributed by atoms with Crippen LogP contribution in [0.1, 0.15) is 108 Å². The lowest BCUT2D eigenvalue weighted by atomic mass is 10.0. The van der Waals surface area contributed by atoms with Gasteiger partial charge in [-0.05, 0) is 31.4 Å². The van der Waals surface area contributed by atoms with Gasteiger partial charge in [0, 0.05) is 6.42 Å². The van der Waals surface area contributed by atoms with Gasteiger partial charge in [0.1, 0.15) is 0 Å². The zero-order chi connectivity index (χ0) is 20.1. The van der Waals surface area contributed by atoms with Crippen molar-refractivity contribution in [3.05, 3.63) is 35.9 Å². The lowest BCUT2D eigenvalue weighted by Crippen LogP contribution is -2.05. The van der Waals surface area contributed by atoms with Crippen molar-refractivity contribution in [2.45, 2.75) is 116 Å². The van der Waals surface area contributed by atoms with Crippen molar-refractivity contribution < 1.29 is 9.22 Å². The van der Waals surface area contributed by atoms with Crippen molar-refractivity contribution in [3.63, 3.8) is 0 Å². The SMILES string of the molecule is C[SiH2]OC(=O)CCCCCCCCCCCCCCCCCc1ccccc1. The van der Waals surface area contributed by atoms with E-state index >= 15 is 0 Å². The van der Waals surface area contributed by atoms with Crippen molar-refractivity contribution in [2.75, 3.05) is 0 Å². The predicted molar refractivity (Wildman–Crippen MR) is 125 cm³/mol. The fourth-order valence-electron chi connectivity index (χ4n) is 3.77. The maximum Gasteiger partial charge on any atom is 0.292 e. The van der Waals surface area contributed by atoms with Gasteiger partial charge < -0.3 is 4.43 Å². The third kappa shape index (κ3) is 15.9. The van der Waals surface area contributed by atoms with Crippen LogP contribution in [0, 0.1) is 0 Å². The molecule has 28 heavy (non-hydrogen) atoms. The zero-order valence-corrected chi connectivity index (χ0v) is 19.8. The molecule has 0 spiro atoms. The maximum absolute atomic E-state index is 11.3. The molecule has 160 valence electrons. The highest BCUT2D eigenvalue weighted by Gasteiger charge is 2.00. The summed E-state index contributed by atoms with van der Waals surface area (Å²) < 4.78 is 5.08. The maximum atomic E-state index is 11.3. The van der Waals surface area contributed by atoms with Crippen molar-refractivity contribution in [1.82, 2.24) is 0 Å². The molecule has 2 nitrogen and oxygen atoms in total. The summed E-state index contributed by atoms with van der Waals surface area (Å²) in [5, 5.41) is 0. The number of aryl methyl sites for hydroxylation is 1. The average molecular weight is 405 g/mol. The number of hydrogen-bond acceptors (Lipinski definition) is 2. The van der Waals surface area contributed by atoms with Crippen LogP contribution < -0.4 is 0 Å². The topological polar surface area (TPSA) is 26.3 Å². The van der Waals surface area contributed by atoms with Gasteiger partial charge in [-0.1, -0.05) is 114 Å². The molecule has 0 saturated carbocycles. The van der Waals surface area contributed by atoms with E-state index in [1.807, 2.05) is 6.55 Å². The molecule has 0 heterocycles. The summed E-state index contributed by atoms with van der Waals surface area (Å²) in [5.41, 5.74) is 1.49. The first-order valence-electron chi connectivity index (χ1n) is 12.0. The Morgan fingerprint density at radius 1 is 0.679 bits per heavy atom. The van der Waals surface area contributed by atoms with Crippen molar-refractivity contribution >= 4 is 15.7 Å². The number of benzene rings is 1. The summed E-state index contributed by atoms with van der Waals surface area (Å²) in [4.78, 5) is 11.3. The van der Waals surface area contributed by atoms with Crippen molar-refractivity contribution in [3.8, 4) is 0 Å². The fraction of sp³-hybridized carbons (Fsp3) is 0.720. The standard InChI is InChI=1S/C25H44O2Si/c1-28-27-25(26)23-19-14-12-10-8-6-4-2-3-5-7-9-11-13-16-20-24-21-17-15-18-22-24/h15,17-18,21-22H,2-14,16,19-20,23,28H2,1H3. The summed E-state index contributed by atoms with van der Waals surface area (Å²) in [6.07, 6.45) is 22.1. The van der Waals surface area contributed by atoms with Gasteiger partial charge in [0.25, 0.3) is 5.97 Å². The largest absolute Gasteiger partial charge is 0.525 e. The smallest absolute Gasteiger partial charge is 0.292 e. The van der Waals surface area contributed by atoms with E-state index in [0.29, 0.717) is 6.42 Å². The molecular weight excluding hydrogens is 360 g/mol. The number of unbranched alkanes of at least 4 members (excludes halogenated alkanes) is 14. The molecule has 0 unspecified atom stereocenters. The molecule has 0 aliphatic rings. The Bertz CT molecular complexity index is 461. The summed E-state index contributed by atoms with van der Waals surface area (Å²) in [7, 11) is -0.559. The predicted octanol–water partition coefficient (Wildman–Crippen LogP) is 7.15. The normalized spacial score (nSPS) is 11.3. The molecule has 0 radical (unpaired) electrons. The van der Waals surface area contributed by atoms with Gasteiger partial charge in [0.2, 0.25) is 9.76 Å². The van der Waals surface area contributed by atoms with Crippen LogP contribution in [0.5, 0.6) is 0 Å². The van der Waals surface area contributed by atoms with Gasteiger partial charge in [-0.25, -0.2) is 0 Å². The summed E-state index contributed by atoms with van der Waals surface area (Å²) in [6.45, 7) is 2.01. The van der Waals surface area contributed by atoms with Crippen LogP contribution in [0.2, 0.25) is 6.55 Å². The first-order chi connectivity index (χ1) is 13.8. The van der Waals surface area contributed by atoms with Gasteiger partial charge in [-0.3, -0.25) is 4.79 Å². The van der Waals surface area contributed by atoms with Crippen LogP contribution in [0.3, 0.4) is 0 Å². The highest BCUT2D eigenvalue weighted by molar-refractivity contribution is 6.28. The molecule has 0 saturated heterocycles. The molecule has 1 aromatic carbocycles. The van der Waals surface area contributed by atoms with E-state index in [0.717, 1.165) is 6.42 Å². The van der Waals surface area contributed by atoms with Crippen molar-refractivity contribution in [2.24, 2.45) is 0 Å². The Labute approximate surface area is 176 Å². The number of rotatable bonds is 19. The Kier molecular flexibility index (Phi) is 17.1. The Morgan fingerprint density at radius 3 is 1.57 bits per heavy atom. The second kappa shape index (κ2) is 19.2. The Balaban J connectivity index is 1.70. The lowest BCUT2D eigenvalue weighted by Gasteiger charge is -2.04. The van der Waals surface area contributed by atoms with E-state index in [4.69, 9.17) is 4.43 Å². The van der Waals surface area contributed by atoms with Gasteiger partial charge in [0.05, 0.1) is 0 Å². The van der Waals surface area contributed by atoms with Gasteiger partial charge in [0.15, 0.2) is 0 Å². The molecule has 0 atom stereocenters. The molecule has 0 fully saturated rings. The van der Waals surface area contributed by atoms with Crippen LogP contribution in [0.25, 0.3) is 0 Å². The molecule has 0 amide bonds. The third-order valence-electron chi connectivity index (χ3n) is 5.49. The van der Waals surface area contributed by atoms with Crippen molar-refractivity contribution in [1.29, 1.82) is 0 Å². The molecule has 0 aliphatic carbocycles. The first-order valence-corrected chi connectivity index (χ1v) is 14.0. The minimum atomic E-state index is -0.559. The van der Waals surface area contributed by atoms with E-state index in [1.54, 1.807) is 0 Å². The average Bonchev–Trinajstić information content (AvgIpc) is 2.71. The van der Waals surface area contributed by atoms with E-state index in [1.165, 1.54) is 102 Å². The number of carbonyl (C=O) groups excluding carboxylic acids is 1. The summed E-state index contributed by atoms with van der Waals surface area (Å²) >= 11 is 0. The lowest BCUT2D eigenvalue weighted by molar-refractivity contribution is -0.134. The van der Waals surface area contributed by atoms with Crippen LogP contribution >= 0.6 is 0 Å². The first kappa shape index (κ1) is 24.9. The fourth-order valence-corrected chi connectivity index (χ4v) is 4.24. The molecule has 0 N–H and O–H groups in total. The van der Waals surface area contributed by atoms with Crippen LogP contribution in [0.15, 0.2) is 30.3 Å². The summed E-state index contributed by atoms with van der Waals surface area (Å²) in [6, 6.07) is 10.9. The highest BCUT2D eigenvalue weighted by atomic mass is 28.2. The molecule has 0 bridgehead atoms. The van der Waals surface area contributed by atoms with Crippen LogP contribution in [0.4, 0.5) is 0 Å². The van der Waals surface area contributed by atoms with Gasteiger partial charge in [-0.15, -0.1) is 0 Å². The molecule has 0 aliphatic heterocycles. The number of carbonyl (C=O) groups is 1. The van der Waals surface area contributed by atoms with E-state index < -0.39 is 9.76 Å². The van der Waals surface area contributed by atoms with Crippen LogP contribution in [-0.2, 0) is 15.6 Å². The minimum absolute atomic E-state index is 0.0290. The van der Waals surface area contributed by atoms with E-state index in [-0.39, 0.29) is 5.97 Å². The van der Waals surface area contributed by atoms with Crippen LogP contribution in [-0.4, -0.2) is 15.7 Å². The molecule has 1 rings (SSSR count). The minimum Gasteiger partial charge on any atom is -0.525 e. The van der Waals surface area contributed by atoms with Gasteiger partial charge >= 0.3 is 0 Å². The zero-order valence-electron chi connectivity index (χ0n) is 18.4. The summed E-state index contributed by atoms with van der Waals surface area (Å²) in [5.74, 6) is 0.0290. The number of hydrogen-bond donors (Lipinski definition) is 0. The van der Waals surface area contributed by atoms with E-state index in [9.17, 15) is 4.79 Å². The highest BCUT2D eigenvalue weighted by Crippen LogP contribution is 2.14. The molecule has 3 heteroatoms. The second-order valence-electron chi connectivity index (χ2n) is 8.09. The Morgan fingerprint density at radius 2 is 1.11 bits per heavy atom. The van der Waals surface area contributed by atoms with E-state index in [2.05, 4.69) is 30.3 Å². The quantitative estimate of drug-likeness (QED) is 0.181. The third-order valence-corrected chi connectivity index (χ3v) is 6.11. The monoisotopic (exact) mass is 404 g/mol.